The molecule has 2 rings (SSSR count). The number of hydrogen-bond acceptors (Lipinski definition) is 6. The van der Waals surface area contributed by atoms with E-state index in [1.807, 2.05) is 0 Å². The van der Waals surface area contributed by atoms with Crippen LogP contribution >= 0.6 is 11.6 Å². The normalized spacial score (nSPS) is 29.4. The van der Waals surface area contributed by atoms with Gasteiger partial charge in [-0.05, 0) is 32.6 Å². The molecule has 2 bridgehead atoms. The number of amides is 1. The van der Waals surface area contributed by atoms with Gasteiger partial charge in [0.25, 0.3) is 0 Å². The van der Waals surface area contributed by atoms with E-state index in [1.165, 1.54) is 0 Å². The summed E-state index contributed by atoms with van der Waals surface area (Å²) in [4.78, 5) is 13.7. The Labute approximate surface area is 129 Å². The van der Waals surface area contributed by atoms with E-state index in [4.69, 9.17) is 16.3 Å². The summed E-state index contributed by atoms with van der Waals surface area (Å²) in [6.45, 7) is 2.13. The maximum Gasteiger partial charge on any atom is 0.410 e. The SMILES string of the molecule is CCOC(=O)N1C2CCC1CC(/C(Cl)=N/OS(C)(=O)=O)C2. The first kappa shape index (κ1) is 16.4. The predicted molar refractivity (Wildman–Crippen MR) is 77.6 cm³/mol. The van der Waals surface area contributed by atoms with Crippen LogP contribution < -0.4 is 0 Å². The minimum Gasteiger partial charge on any atom is -0.450 e. The van der Waals surface area contributed by atoms with Crippen molar-refractivity contribution < 1.29 is 22.2 Å². The van der Waals surface area contributed by atoms with E-state index >= 15 is 0 Å². The Balaban J connectivity index is 2.02. The van der Waals surface area contributed by atoms with Crippen LogP contribution in [0.5, 0.6) is 0 Å². The van der Waals surface area contributed by atoms with Gasteiger partial charge < -0.3 is 9.64 Å². The third-order valence-corrected chi connectivity index (χ3v) is 4.53. The van der Waals surface area contributed by atoms with Crippen molar-refractivity contribution in [2.24, 2.45) is 11.1 Å². The Hall–Kier alpha value is -1.02. The van der Waals surface area contributed by atoms with Crippen LogP contribution in [0.3, 0.4) is 0 Å². The first-order valence-corrected chi connectivity index (χ1v) is 9.08. The zero-order valence-corrected chi connectivity index (χ0v) is 13.6. The van der Waals surface area contributed by atoms with Crippen molar-refractivity contribution >= 4 is 33.0 Å². The number of carbonyl (C=O) groups is 1. The summed E-state index contributed by atoms with van der Waals surface area (Å²) in [6.07, 6.45) is 3.71. The fraction of sp³-hybridized carbons (Fsp3) is 0.833. The topological polar surface area (TPSA) is 85.3 Å². The zero-order chi connectivity index (χ0) is 15.6. The Kier molecular flexibility index (Phi) is 4.98. The molecule has 2 heterocycles. The number of ether oxygens (including phenoxy) is 1. The highest BCUT2D eigenvalue weighted by Crippen LogP contribution is 2.40. The average Bonchev–Trinajstić information content (AvgIpc) is 2.66. The van der Waals surface area contributed by atoms with Crippen molar-refractivity contribution in [3.05, 3.63) is 0 Å². The van der Waals surface area contributed by atoms with Crippen LogP contribution in [-0.4, -0.2) is 49.5 Å². The van der Waals surface area contributed by atoms with Gasteiger partial charge in [0.05, 0.1) is 12.9 Å². The van der Waals surface area contributed by atoms with Gasteiger partial charge in [-0.3, -0.25) is 4.28 Å². The van der Waals surface area contributed by atoms with Crippen molar-refractivity contribution in [3.63, 3.8) is 0 Å². The molecule has 0 aromatic heterocycles. The molecule has 0 aromatic rings. The third-order valence-electron chi connectivity index (χ3n) is 3.81. The molecule has 21 heavy (non-hydrogen) atoms. The second-order valence-corrected chi connectivity index (χ2v) is 7.30. The summed E-state index contributed by atoms with van der Waals surface area (Å²) >= 11 is 6.04. The van der Waals surface area contributed by atoms with Crippen molar-refractivity contribution in [1.82, 2.24) is 4.90 Å². The summed E-state index contributed by atoms with van der Waals surface area (Å²) < 4.78 is 31.3. The Morgan fingerprint density at radius 3 is 2.38 bits per heavy atom. The van der Waals surface area contributed by atoms with Gasteiger partial charge in [-0.15, -0.1) is 0 Å². The predicted octanol–water partition coefficient (Wildman–Crippen LogP) is 1.91. The van der Waals surface area contributed by atoms with Crippen LogP contribution in [0, 0.1) is 5.92 Å². The molecule has 2 saturated heterocycles. The van der Waals surface area contributed by atoms with Crippen molar-refractivity contribution in [2.75, 3.05) is 12.9 Å². The smallest absolute Gasteiger partial charge is 0.410 e. The molecule has 0 saturated carbocycles. The van der Waals surface area contributed by atoms with Gasteiger partial charge in [-0.1, -0.05) is 16.8 Å². The van der Waals surface area contributed by atoms with Gasteiger partial charge in [0.1, 0.15) is 5.17 Å². The van der Waals surface area contributed by atoms with Gasteiger partial charge in [-0.25, -0.2) is 4.79 Å². The van der Waals surface area contributed by atoms with E-state index < -0.39 is 10.1 Å². The van der Waals surface area contributed by atoms with E-state index in [9.17, 15) is 13.2 Å². The lowest BCUT2D eigenvalue weighted by Crippen LogP contribution is -2.47. The first-order chi connectivity index (χ1) is 9.81. The van der Waals surface area contributed by atoms with Gasteiger partial charge >= 0.3 is 16.2 Å². The lowest BCUT2D eigenvalue weighted by Gasteiger charge is -2.37. The molecule has 2 aliphatic heterocycles. The Bertz CT molecular complexity index is 522. The minimum absolute atomic E-state index is 0.0648. The minimum atomic E-state index is -3.66. The molecule has 9 heteroatoms. The van der Waals surface area contributed by atoms with Gasteiger partial charge in [0, 0.05) is 18.0 Å². The molecule has 0 N–H and O–H groups in total. The third kappa shape index (κ3) is 4.00. The molecule has 2 aliphatic rings. The number of hydrogen-bond donors (Lipinski definition) is 0. The molecular formula is C12H19ClN2O5S. The maximum absolute atomic E-state index is 11.9. The largest absolute Gasteiger partial charge is 0.450 e. The number of oxime groups is 1. The fourth-order valence-corrected chi connectivity index (χ4v) is 3.51. The van der Waals surface area contributed by atoms with Crippen LogP contribution in [0.15, 0.2) is 5.16 Å². The Morgan fingerprint density at radius 1 is 1.33 bits per heavy atom. The summed E-state index contributed by atoms with van der Waals surface area (Å²) in [5, 5.41) is 3.62. The number of fused-ring (bicyclic) bond motifs is 2. The molecule has 7 nitrogen and oxygen atoms in total. The molecule has 2 unspecified atom stereocenters. The van der Waals surface area contributed by atoms with Gasteiger partial charge in [0.15, 0.2) is 0 Å². The molecule has 0 radical (unpaired) electrons. The standard InChI is InChI=1S/C12H19ClN2O5S/c1-3-19-12(16)15-9-4-5-10(15)7-8(6-9)11(13)14-20-21(2,17)18/h8-10H,3-7H2,1-2H3/b14-11-. The summed E-state index contributed by atoms with van der Waals surface area (Å²) in [5.74, 6) is -0.0865. The lowest BCUT2D eigenvalue weighted by atomic mass is 9.92. The fourth-order valence-electron chi connectivity index (χ4n) is 3.05. The summed E-state index contributed by atoms with van der Waals surface area (Å²) in [7, 11) is -3.66. The number of rotatable bonds is 4. The van der Waals surface area contributed by atoms with Crippen LogP contribution in [-0.2, 0) is 19.1 Å². The molecule has 0 aliphatic carbocycles. The molecule has 1 amide bonds. The molecule has 0 spiro atoms. The number of piperidine rings is 1. The van der Waals surface area contributed by atoms with Gasteiger partial charge in [0.2, 0.25) is 0 Å². The second kappa shape index (κ2) is 6.39. The maximum atomic E-state index is 11.9. The highest BCUT2D eigenvalue weighted by molar-refractivity contribution is 7.85. The van der Waals surface area contributed by atoms with E-state index in [2.05, 4.69) is 9.44 Å². The van der Waals surface area contributed by atoms with Crippen molar-refractivity contribution in [1.29, 1.82) is 0 Å². The van der Waals surface area contributed by atoms with E-state index in [0.717, 1.165) is 19.1 Å². The lowest BCUT2D eigenvalue weighted by molar-refractivity contribution is 0.0679. The summed E-state index contributed by atoms with van der Waals surface area (Å²) in [6, 6.07) is 0.130. The highest BCUT2D eigenvalue weighted by Gasteiger charge is 2.45. The quantitative estimate of drug-likeness (QED) is 0.577. The van der Waals surface area contributed by atoms with Crippen molar-refractivity contribution in [2.45, 2.75) is 44.7 Å². The van der Waals surface area contributed by atoms with E-state index in [1.54, 1.807) is 11.8 Å². The molecule has 0 aromatic carbocycles. The van der Waals surface area contributed by atoms with Gasteiger partial charge in [-0.2, -0.15) is 8.42 Å². The zero-order valence-electron chi connectivity index (χ0n) is 12.0. The number of nitrogens with zero attached hydrogens (tertiary/aromatic N) is 2. The number of halogens is 1. The molecule has 2 fully saturated rings. The van der Waals surface area contributed by atoms with Crippen LogP contribution in [0.25, 0.3) is 0 Å². The second-order valence-electron chi connectivity index (χ2n) is 5.35. The van der Waals surface area contributed by atoms with Crippen LogP contribution in [0.2, 0.25) is 0 Å². The molecular weight excluding hydrogens is 320 g/mol. The summed E-state index contributed by atoms with van der Waals surface area (Å²) in [5.41, 5.74) is 0. The molecule has 2 atom stereocenters. The Morgan fingerprint density at radius 2 is 1.90 bits per heavy atom. The molecule has 120 valence electrons. The number of carbonyl (C=O) groups excluding carboxylic acids is 1. The van der Waals surface area contributed by atoms with E-state index in [0.29, 0.717) is 19.4 Å². The monoisotopic (exact) mass is 338 g/mol. The van der Waals surface area contributed by atoms with Crippen LogP contribution in [0.4, 0.5) is 4.79 Å². The highest BCUT2D eigenvalue weighted by atomic mass is 35.5. The average molecular weight is 339 g/mol. The van der Waals surface area contributed by atoms with Crippen LogP contribution in [0.1, 0.15) is 32.6 Å². The van der Waals surface area contributed by atoms with E-state index in [-0.39, 0.29) is 29.3 Å². The first-order valence-electron chi connectivity index (χ1n) is 6.89. The van der Waals surface area contributed by atoms with Crippen molar-refractivity contribution in [3.8, 4) is 0 Å².